The van der Waals surface area contributed by atoms with Crippen molar-refractivity contribution in [2.45, 2.75) is 52.6 Å². The summed E-state index contributed by atoms with van der Waals surface area (Å²) < 4.78 is 0. The van der Waals surface area contributed by atoms with Gasteiger partial charge in [0.1, 0.15) is 6.04 Å². The Morgan fingerprint density at radius 3 is 2.42 bits per heavy atom. The van der Waals surface area contributed by atoms with Crippen LogP contribution in [0, 0.1) is 11.8 Å². The summed E-state index contributed by atoms with van der Waals surface area (Å²) >= 11 is 0. The summed E-state index contributed by atoms with van der Waals surface area (Å²) in [6.07, 6.45) is 0.358. The number of nitrogens with one attached hydrogen (secondary N) is 1. The second-order valence-electron chi connectivity index (χ2n) is 7.70. The Hall–Kier alpha value is -2.37. The topological polar surface area (TPSA) is 86.7 Å². The molecule has 0 radical (unpaired) electrons. The van der Waals surface area contributed by atoms with Crippen LogP contribution in [-0.2, 0) is 20.9 Å². The number of rotatable bonds is 6. The molecule has 2 rings (SSSR count). The average Bonchev–Trinajstić information content (AvgIpc) is 2.57. The number of carbonyl (C=O) groups is 3. The zero-order valence-corrected chi connectivity index (χ0v) is 15.9. The van der Waals surface area contributed by atoms with Crippen LogP contribution in [0.3, 0.4) is 0 Å². The van der Waals surface area contributed by atoms with Crippen molar-refractivity contribution < 1.29 is 19.5 Å². The number of aliphatic carboxylic acids is 1. The zero-order valence-electron chi connectivity index (χ0n) is 15.9. The SMILES string of the molecule is CC(C)CC(=O)NC(C(=O)N1Cc2ccccc2C(C(=O)O)C1)C(C)C. The molecule has 1 aliphatic rings. The number of hydrogen-bond donors (Lipinski definition) is 2. The van der Waals surface area contributed by atoms with Crippen molar-refractivity contribution in [2.75, 3.05) is 6.54 Å². The summed E-state index contributed by atoms with van der Waals surface area (Å²) in [5.41, 5.74) is 1.60. The van der Waals surface area contributed by atoms with Crippen LogP contribution in [0.25, 0.3) is 0 Å². The maximum absolute atomic E-state index is 13.1. The quantitative estimate of drug-likeness (QED) is 0.815. The first kappa shape index (κ1) is 19.9. The van der Waals surface area contributed by atoms with Crippen LogP contribution in [-0.4, -0.2) is 40.4 Å². The second kappa shape index (κ2) is 8.34. The Balaban J connectivity index is 2.21. The summed E-state index contributed by atoms with van der Waals surface area (Å²) in [5.74, 6) is -1.95. The van der Waals surface area contributed by atoms with Gasteiger partial charge in [0.25, 0.3) is 0 Å². The lowest BCUT2D eigenvalue weighted by Gasteiger charge is -2.36. The van der Waals surface area contributed by atoms with Gasteiger partial charge in [0.2, 0.25) is 11.8 Å². The van der Waals surface area contributed by atoms with E-state index < -0.39 is 17.9 Å². The number of nitrogens with zero attached hydrogens (tertiary/aromatic N) is 1. The molecule has 0 spiro atoms. The van der Waals surface area contributed by atoms with Crippen molar-refractivity contribution in [1.29, 1.82) is 0 Å². The van der Waals surface area contributed by atoms with Gasteiger partial charge in [-0.2, -0.15) is 0 Å². The van der Waals surface area contributed by atoms with E-state index in [4.69, 9.17) is 0 Å². The highest BCUT2D eigenvalue weighted by Crippen LogP contribution is 2.29. The maximum Gasteiger partial charge on any atom is 0.312 e. The number of hydrogen-bond acceptors (Lipinski definition) is 3. The molecule has 1 aromatic carbocycles. The molecule has 1 aromatic rings. The molecule has 0 saturated heterocycles. The fraction of sp³-hybridized carbons (Fsp3) is 0.550. The maximum atomic E-state index is 13.1. The molecule has 142 valence electrons. The standard InChI is InChI=1S/C20H28N2O4/c1-12(2)9-17(23)21-18(13(3)4)19(24)22-10-14-7-5-6-8-15(14)16(11-22)20(25)26/h5-8,12-13,16,18H,9-11H2,1-4H3,(H,21,23)(H,25,26). The van der Waals surface area contributed by atoms with Crippen LogP contribution in [0.2, 0.25) is 0 Å². The van der Waals surface area contributed by atoms with E-state index in [0.717, 1.165) is 11.1 Å². The Morgan fingerprint density at radius 1 is 1.19 bits per heavy atom. The normalized spacial score (nSPS) is 17.8. The van der Waals surface area contributed by atoms with Crippen LogP contribution in [0.5, 0.6) is 0 Å². The Kier molecular flexibility index (Phi) is 6.40. The van der Waals surface area contributed by atoms with E-state index in [-0.39, 0.29) is 30.2 Å². The minimum Gasteiger partial charge on any atom is -0.481 e. The summed E-state index contributed by atoms with van der Waals surface area (Å²) in [5, 5.41) is 12.4. The van der Waals surface area contributed by atoms with E-state index in [1.807, 2.05) is 45.9 Å². The molecule has 0 saturated carbocycles. The van der Waals surface area contributed by atoms with Crippen molar-refractivity contribution >= 4 is 17.8 Å². The van der Waals surface area contributed by atoms with E-state index >= 15 is 0 Å². The number of fused-ring (bicyclic) bond motifs is 1. The molecular weight excluding hydrogens is 332 g/mol. The first-order chi connectivity index (χ1) is 12.2. The van der Waals surface area contributed by atoms with Gasteiger partial charge in [-0.15, -0.1) is 0 Å². The Bertz CT molecular complexity index is 684. The van der Waals surface area contributed by atoms with Gasteiger partial charge in [0.05, 0.1) is 5.92 Å². The van der Waals surface area contributed by atoms with Gasteiger partial charge in [0.15, 0.2) is 0 Å². The third-order valence-electron chi connectivity index (χ3n) is 4.65. The number of carbonyl (C=O) groups excluding carboxylic acids is 2. The van der Waals surface area contributed by atoms with E-state index in [1.165, 1.54) is 0 Å². The van der Waals surface area contributed by atoms with Gasteiger partial charge in [-0.25, -0.2) is 0 Å². The molecule has 0 aromatic heterocycles. The molecule has 6 nitrogen and oxygen atoms in total. The van der Waals surface area contributed by atoms with Crippen LogP contribution in [0.4, 0.5) is 0 Å². The van der Waals surface area contributed by atoms with Crippen molar-refractivity contribution in [2.24, 2.45) is 11.8 Å². The van der Waals surface area contributed by atoms with Crippen molar-refractivity contribution in [1.82, 2.24) is 10.2 Å². The Morgan fingerprint density at radius 2 is 1.85 bits per heavy atom. The van der Waals surface area contributed by atoms with Crippen molar-refractivity contribution in [3.63, 3.8) is 0 Å². The van der Waals surface area contributed by atoms with Gasteiger partial charge in [-0.05, 0) is 23.0 Å². The van der Waals surface area contributed by atoms with E-state index in [1.54, 1.807) is 11.0 Å². The Labute approximate surface area is 154 Å². The second-order valence-corrected chi connectivity index (χ2v) is 7.70. The van der Waals surface area contributed by atoms with Crippen LogP contribution in [0.1, 0.15) is 51.2 Å². The van der Waals surface area contributed by atoms with E-state index in [2.05, 4.69) is 5.32 Å². The predicted octanol–water partition coefficient (Wildman–Crippen LogP) is 2.38. The largest absolute Gasteiger partial charge is 0.481 e. The molecule has 1 aliphatic heterocycles. The highest BCUT2D eigenvalue weighted by molar-refractivity contribution is 5.89. The monoisotopic (exact) mass is 360 g/mol. The molecule has 2 atom stereocenters. The number of benzene rings is 1. The molecule has 2 amide bonds. The number of amides is 2. The predicted molar refractivity (Wildman–Crippen MR) is 98.5 cm³/mol. The van der Waals surface area contributed by atoms with Gasteiger partial charge in [-0.3, -0.25) is 14.4 Å². The first-order valence-electron chi connectivity index (χ1n) is 9.09. The first-order valence-corrected chi connectivity index (χ1v) is 9.09. The van der Waals surface area contributed by atoms with Crippen LogP contribution < -0.4 is 5.32 Å². The third-order valence-corrected chi connectivity index (χ3v) is 4.65. The minimum absolute atomic E-state index is 0.0842. The summed E-state index contributed by atoms with van der Waals surface area (Å²) in [6.45, 7) is 8.14. The number of carboxylic acids is 1. The zero-order chi connectivity index (χ0) is 19.4. The highest BCUT2D eigenvalue weighted by atomic mass is 16.4. The summed E-state index contributed by atoms with van der Waals surface area (Å²) in [7, 11) is 0. The molecule has 26 heavy (non-hydrogen) atoms. The average molecular weight is 360 g/mol. The molecule has 0 aliphatic carbocycles. The lowest BCUT2D eigenvalue weighted by Crippen LogP contribution is -2.53. The summed E-state index contributed by atoms with van der Waals surface area (Å²) in [4.78, 5) is 38.4. The van der Waals surface area contributed by atoms with E-state index in [9.17, 15) is 19.5 Å². The fourth-order valence-electron chi connectivity index (χ4n) is 3.30. The molecule has 2 N–H and O–H groups in total. The van der Waals surface area contributed by atoms with Crippen LogP contribution in [0.15, 0.2) is 24.3 Å². The van der Waals surface area contributed by atoms with Gasteiger partial charge in [0, 0.05) is 19.5 Å². The molecular formula is C20H28N2O4. The molecule has 0 bridgehead atoms. The fourth-order valence-corrected chi connectivity index (χ4v) is 3.30. The molecule has 6 heteroatoms. The van der Waals surface area contributed by atoms with Crippen LogP contribution >= 0.6 is 0 Å². The van der Waals surface area contributed by atoms with Gasteiger partial charge in [-0.1, -0.05) is 52.0 Å². The molecule has 1 heterocycles. The lowest BCUT2D eigenvalue weighted by atomic mass is 9.89. The van der Waals surface area contributed by atoms with Gasteiger partial charge < -0.3 is 15.3 Å². The van der Waals surface area contributed by atoms with Crippen molar-refractivity contribution in [3.05, 3.63) is 35.4 Å². The smallest absolute Gasteiger partial charge is 0.312 e. The molecule has 0 fully saturated rings. The number of carboxylic acid groups (broad SMARTS) is 1. The van der Waals surface area contributed by atoms with E-state index in [0.29, 0.717) is 13.0 Å². The van der Waals surface area contributed by atoms with Crippen molar-refractivity contribution in [3.8, 4) is 0 Å². The van der Waals surface area contributed by atoms with Gasteiger partial charge >= 0.3 is 5.97 Å². The third kappa shape index (κ3) is 4.62. The highest BCUT2D eigenvalue weighted by Gasteiger charge is 2.36. The minimum atomic E-state index is -0.945. The lowest BCUT2D eigenvalue weighted by molar-refractivity contribution is -0.143. The summed E-state index contributed by atoms with van der Waals surface area (Å²) in [6, 6.07) is 6.67. The molecule has 2 unspecified atom stereocenters.